The molecular formula is C6H10FeK3N6Na. The van der Waals surface area contributed by atoms with Crippen molar-refractivity contribution < 1.29 is 206 Å². The first kappa shape index (κ1) is 87.1. The molecule has 0 spiro atoms. The number of hydrogen-bond acceptors (Lipinski definition) is 6. The quantitative estimate of drug-likeness (QED) is 0.392. The summed E-state index contributed by atoms with van der Waals surface area (Å²) in [6.45, 7) is 21.0. The van der Waals surface area contributed by atoms with Crippen molar-refractivity contribution in [3.05, 3.63) is 0 Å². The van der Waals surface area contributed by atoms with Crippen molar-refractivity contribution in [1.82, 2.24) is 0 Å². The van der Waals surface area contributed by atoms with Gasteiger partial charge in [0.2, 0.25) is 0 Å². The van der Waals surface area contributed by atoms with Crippen LogP contribution in [0, 0.1) is 71.0 Å². The van der Waals surface area contributed by atoms with Crippen LogP contribution in [0.5, 0.6) is 0 Å². The van der Waals surface area contributed by atoms with Gasteiger partial charge in [0, 0.05) is 56.5 Å². The Morgan fingerprint density at radius 1 is 0.412 bits per heavy atom. The van der Waals surface area contributed by atoms with E-state index in [-0.39, 0.29) is 206 Å². The molecule has 0 unspecified atom stereocenters. The van der Waals surface area contributed by atoms with E-state index in [4.69, 9.17) is 31.6 Å². The maximum Gasteiger partial charge on any atom is 1.00 e. The molecule has 0 bridgehead atoms. The molecule has 0 aromatic rings. The second kappa shape index (κ2) is 576. The zero-order valence-electron chi connectivity index (χ0n) is 14.5. The summed E-state index contributed by atoms with van der Waals surface area (Å²) in [7, 11) is 0. The molecule has 0 atom stereocenters. The molecule has 0 aromatic heterocycles. The predicted molar refractivity (Wildman–Crippen MR) is 44.5 cm³/mol. The second-order valence-electron chi connectivity index (χ2n) is 0. The van der Waals surface area contributed by atoms with Crippen LogP contribution in [0.3, 0.4) is 0 Å². The number of nitrogens with zero attached hydrogens (tertiary/aromatic N) is 6. The minimum Gasteiger partial charge on any atom is -1.00 e. The maximum atomic E-state index is 6.50. The molecular weight excluding hydrogens is 352 g/mol. The largest absolute Gasteiger partial charge is 1.00 e. The van der Waals surface area contributed by atoms with Crippen LogP contribution in [0.25, 0.3) is 0 Å². The fourth-order valence-corrected chi connectivity index (χ4v) is 0. The summed E-state index contributed by atoms with van der Waals surface area (Å²) in [6, 6.07) is 0. The van der Waals surface area contributed by atoms with E-state index in [1.165, 1.54) is 0 Å². The van der Waals surface area contributed by atoms with Crippen molar-refractivity contribution in [3.63, 3.8) is 0 Å². The molecule has 0 aromatic carbocycles. The molecule has 11 heteroatoms. The van der Waals surface area contributed by atoms with Crippen LogP contribution < -0.4 is 184 Å². The first-order chi connectivity index (χ1) is 6.00. The Balaban J connectivity index is -0.00000000146. The zero-order chi connectivity index (χ0) is 12.0. The summed E-state index contributed by atoms with van der Waals surface area (Å²) in [6.07, 6.45) is 0. The molecule has 0 heterocycles. The molecule has 0 saturated heterocycles. The summed E-state index contributed by atoms with van der Waals surface area (Å²) < 4.78 is 0. The molecule has 0 rings (SSSR count). The normalized spacial score (nSPS) is 0.706. The Bertz CT molecular complexity index is 124. The van der Waals surface area contributed by atoms with Crippen LogP contribution in [-0.4, -0.2) is 0 Å². The van der Waals surface area contributed by atoms with E-state index in [1.54, 1.807) is 0 Å². The van der Waals surface area contributed by atoms with E-state index in [0.29, 0.717) is 0 Å². The van der Waals surface area contributed by atoms with Crippen LogP contribution in [-0.2, 0) is 17.1 Å². The second-order valence-corrected chi connectivity index (χ2v) is 0. The molecule has 76 valence electrons. The van der Waals surface area contributed by atoms with E-state index >= 15 is 0 Å². The average Bonchev–Trinajstić information content (AvgIpc) is 2.33. The average molecular weight is 362 g/mol. The molecule has 0 fully saturated rings. The molecule has 0 aliphatic rings. The SMILES string of the molecule is C#N.C#N.C#N.C#N.C#N.C#N.[Fe].[H-].[H-].[H-].[H-].[K+].[K+].[K+].[Na+]. The van der Waals surface area contributed by atoms with Gasteiger partial charge in [-0.1, -0.05) is 0 Å². The zero-order valence-corrected chi connectivity index (χ0v) is 23.0. The van der Waals surface area contributed by atoms with E-state index < -0.39 is 0 Å². The summed E-state index contributed by atoms with van der Waals surface area (Å²) in [5.41, 5.74) is 0. The Kier molecular flexibility index (Phi) is 2950. The summed E-state index contributed by atoms with van der Waals surface area (Å²) in [4.78, 5) is 0. The van der Waals surface area contributed by atoms with Crippen molar-refractivity contribution >= 4 is 0 Å². The first-order valence-corrected chi connectivity index (χ1v) is 1.55. The van der Waals surface area contributed by atoms with Gasteiger partial charge >= 0.3 is 184 Å². The molecule has 0 saturated carbocycles. The third-order valence-electron chi connectivity index (χ3n) is 0. The predicted octanol–water partition coefficient (Wildman–Crippen LogP) is -10.7. The number of hydrogen-bond donors (Lipinski definition) is 0. The van der Waals surface area contributed by atoms with Crippen molar-refractivity contribution in [2.24, 2.45) is 0 Å². The van der Waals surface area contributed by atoms with E-state index in [1.807, 2.05) is 0 Å². The van der Waals surface area contributed by atoms with Gasteiger partial charge in [-0.05, 0) is 0 Å². The van der Waals surface area contributed by atoms with Crippen LogP contribution in [0.2, 0.25) is 0 Å². The fraction of sp³-hybridized carbons (Fsp3) is 0. The van der Waals surface area contributed by atoms with Gasteiger partial charge < -0.3 is 5.71 Å². The minimum absolute atomic E-state index is 0. The third kappa shape index (κ3) is 515. The van der Waals surface area contributed by atoms with Gasteiger partial charge in [-0.3, -0.25) is 0 Å². The number of nitriles is 6. The standard InChI is InChI=1S/6CHN.Fe.3K.Na.4H/c6*1-2;;;;;;;;;/h6*1H;;;;;;;;;/q;;;;;;;4*+1;4*-1. The summed E-state index contributed by atoms with van der Waals surface area (Å²) in [5, 5.41) is 39.0. The molecule has 0 aliphatic heterocycles. The van der Waals surface area contributed by atoms with Crippen LogP contribution in [0.1, 0.15) is 5.71 Å². The maximum absolute atomic E-state index is 6.50. The van der Waals surface area contributed by atoms with Crippen LogP contribution in [0.4, 0.5) is 0 Å². The third-order valence-corrected chi connectivity index (χ3v) is 0. The van der Waals surface area contributed by atoms with Crippen molar-refractivity contribution in [2.75, 3.05) is 0 Å². The van der Waals surface area contributed by atoms with E-state index in [9.17, 15) is 0 Å². The molecule has 0 radical (unpaired) electrons. The fourth-order valence-electron chi connectivity index (χ4n) is 0. The van der Waals surface area contributed by atoms with Gasteiger partial charge in [-0.25, -0.2) is 31.6 Å². The summed E-state index contributed by atoms with van der Waals surface area (Å²) in [5.74, 6) is 0. The Morgan fingerprint density at radius 2 is 0.412 bits per heavy atom. The summed E-state index contributed by atoms with van der Waals surface area (Å²) >= 11 is 0. The number of rotatable bonds is 0. The van der Waals surface area contributed by atoms with Crippen LogP contribution in [0.15, 0.2) is 0 Å². The minimum atomic E-state index is 0. The van der Waals surface area contributed by atoms with E-state index in [2.05, 4.69) is 39.4 Å². The van der Waals surface area contributed by atoms with Gasteiger partial charge in [0.25, 0.3) is 0 Å². The topological polar surface area (TPSA) is 143 Å². The molecule has 17 heavy (non-hydrogen) atoms. The van der Waals surface area contributed by atoms with Crippen molar-refractivity contribution in [3.8, 4) is 39.4 Å². The van der Waals surface area contributed by atoms with Gasteiger partial charge in [0.15, 0.2) is 0 Å². The van der Waals surface area contributed by atoms with Crippen LogP contribution >= 0.6 is 0 Å². The Morgan fingerprint density at radius 3 is 0.412 bits per heavy atom. The first-order valence-electron chi connectivity index (χ1n) is 1.55. The van der Waals surface area contributed by atoms with Gasteiger partial charge in [-0.15, -0.1) is 0 Å². The van der Waals surface area contributed by atoms with Gasteiger partial charge in [-0.2, -0.15) is 0 Å². The smallest absolute Gasteiger partial charge is 1.00 e. The molecule has 0 aliphatic carbocycles. The van der Waals surface area contributed by atoms with Gasteiger partial charge in [0.05, 0.1) is 0 Å². The monoisotopic (exact) mass is 362 g/mol. The Labute approximate surface area is 270 Å². The molecule has 0 amide bonds. The molecule has 0 N–H and O–H groups in total. The van der Waals surface area contributed by atoms with Crippen molar-refractivity contribution in [2.45, 2.75) is 0 Å². The van der Waals surface area contributed by atoms with Crippen molar-refractivity contribution in [1.29, 1.82) is 31.6 Å². The molecule has 6 nitrogen and oxygen atoms in total. The Hall–Kier alpha value is 3.37. The van der Waals surface area contributed by atoms with Gasteiger partial charge in [0.1, 0.15) is 0 Å². The van der Waals surface area contributed by atoms with E-state index in [0.717, 1.165) is 0 Å².